The van der Waals surface area contributed by atoms with Gasteiger partial charge in [0, 0.05) is 5.69 Å². The number of nitrogen functional groups attached to an aromatic ring is 1. The Kier molecular flexibility index (Phi) is 3.74. The van der Waals surface area contributed by atoms with Crippen LogP contribution in [-0.2, 0) is 14.9 Å². The van der Waals surface area contributed by atoms with Gasteiger partial charge in [-0.3, -0.25) is 9.35 Å². The topological polar surface area (TPSA) is 109 Å². The number of benzene rings is 1. The Bertz CT molecular complexity index is 515. The molecule has 88 valence electrons. The predicted octanol–water partition coefficient (Wildman–Crippen LogP) is 0.693. The maximum absolute atomic E-state index is 11.0. The molecular weight excluding hydrogens is 256 g/mol. The molecule has 0 aliphatic carbocycles. The number of nitrogens with one attached hydrogen (secondary N) is 1. The molecule has 0 bridgehead atoms. The van der Waals surface area contributed by atoms with Crippen molar-refractivity contribution in [3.8, 4) is 0 Å². The van der Waals surface area contributed by atoms with Gasteiger partial charge in [-0.2, -0.15) is 8.42 Å². The first kappa shape index (κ1) is 12.8. The van der Waals surface area contributed by atoms with Gasteiger partial charge >= 0.3 is 0 Å². The van der Waals surface area contributed by atoms with Crippen LogP contribution in [0.25, 0.3) is 0 Å². The average Bonchev–Trinajstić information content (AvgIpc) is 2.15. The van der Waals surface area contributed by atoms with Crippen LogP contribution in [0.5, 0.6) is 0 Å². The molecule has 0 spiro atoms. The van der Waals surface area contributed by atoms with Crippen molar-refractivity contribution in [1.82, 2.24) is 0 Å². The summed E-state index contributed by atoms with van der Waals surface area (Å²) in [5.41, 5.74) is 5.57. The maximum atomic E-state index is 11.0. The number of hydrogen-bond acceptors (Lipinski definition) is 4. The largest absolute Gasteiger partial charge is 0.399 e. The van der Waals surface area contributed by atoms with E-state index < -0.39 is 20.9 Å². The molecule has 1 amide bonds. The first-order valence-electron chi connectivity index (χ1n) is 4.07. The van der Waals surface area contributed by atoms with E-state index >= 15 is 0 Å². The van der Waals surface area contributed by atoms with Gasteiger partial charge in [0.1, 0.15) is 10.8 Å². The summed E-state index contributed by atoms with van der Waals surface area (Å²) in [6, 6.07) is 3.60. The SMILES string of the molecule is Nc1ccc(S(=O)(=O)O)c(NC(=O)CCl)c1. The molecule has 0 aliphatic rings. The first-order valence-corrected chi connectivity index (χ1v) is 6.05. The molecule has 0 radical (unpaired) electrons. The lowest BCUT2D eigenvalue weighted by Crippen LogP contribution is -2.15. The third kappa shape index (κ3) is 3.09. The second-order valence-corrected chi connectivity index (χ2v) is 4.57. The van der Waals surface area contributed by atoms with E-state index in [0.717, 1.165) is 6.07 Å². The van der Waals surface area contributed by atoms with Gasteiger partial charge in [-0.15, -0.1) is 11.6 Å². The lowest BCUT2D eigenvalue weighted by molar-refractivity contribution is -0.113. The second-order valence-electron chi connectivity index (χ2n) is 2.91. The molecule has 0 heterocycles. The van der Waals surface area contributed by atoms with Gasteiger partial charge in [0.15, 0.2) is 0 Å². The lowest BCUT2D eigenvalue weighted by Gasteiger charge is -2.08. The fourth-order valence-corrected chi connectivity index (χ4v) is 1.75. The van der Waals surface area contributed by atoms with E-state index in [2.05, 4.69) is 5.32 Å². The molecule has 0 unspecified atom stereocenters. The maximum Gasteiger partial charge on any atom is 0.296 e. The molecule has 0 aromatic heterocycles. The van der Waals surface area contributed by atoms with Crippen molar-refractivity contribution in [2.45, 2.75) is 4.90 Å². The van der Waals surface area contributed by atoms with E-state index in [1.807, 2.05) is 0 Å². The number of nitrogens with two attached hydrogens (primary N) is 1. The summed E-state index contributed by atoms with van der Waals surface area (Å²) in [5, 5.41) is 2.22. The van der Waals surface area contributed by atoms with Crippen molar-refractivity contribution < 1.29 is 17.8 Å². The van der Waals surface area contributed by atoms with E-state index in [1.165, 1.54) is 12.1 Å². The zero-order valence-corrected chi connectivity index (χ0v) is 9.55. The van der Waals surface area contributed by atoms with E-state index in [9.17, 15) is 13.2 Å². The number of anilines is 2. The van der Waals surface area contributed by atoms with Gasteiger partial charge in [0.2, 0.25) is 5.91 Å². The van der Waals surface area contributed by atoms with Crippen LogP contribution < -0.4 is 11.1 Å². The van der Waals surface area contributed by atoms with Crippen LogP contribution in [0, 0.1) is 0 Å². The molecule has 0 fully saturated rings. The lowest BCUT2D eigenvalue weighted by atomic mass is 10.3. The number of alkyl halides is 1. The van der Waals surface area contributed by atoms with Gasteiger partial charge in [0.05, 0.1) is 5.69 Å². The van der Waals surface area contributed by atoms with Crippen LogP contribution in [0.15, 0.2) is 23.1 Å². The molecule has 16 heavy (non-hydrogen) atoms. The van der Waals surface area contributed by atoms with Crippen LogP contribution in [0.4, 0.5) is 11.4 Å². The highest BCUT2D eigenvalue weighted by atomic mass is 35.5. The number of carbonyl (C=O) groups excluding carboxylic acids is 1. The monoisotopic (exact) mass is 264 g/mol. The van der Waals surface area contributed by atoms with Crippen molar-refractivity contribution in [3.05, 3.63) is 18.2 Å². The third-order valence-corrected chi connectivity index (χ3v) is 2.83. The summed E-state index contributed by atoms with van der Waals surface area (Å²) < 4.78 is 30.8. The smallest absolute Gasteiger partial charge is 0.296 e. The van der Waals surface area contributed by atoms with Gasteiger partial charge in [-0.05, 0) is 18.2 Å². The second kappa shape index (κ2) is 4.69. The van der Waals surface area contributed by atoms with Crippen LogP contribution in [0.3, 0.4) is 0 Å². The Morgan fingerprint density at radius 1 is 1.50 bits per heavy atom. The van der Waals surface area contributed by atoms with Gasteiger partial charge in [0.25, 0.3) is 10.1 Å². The molecular formula is C8H9ClN2O4S. The number of hydrogen-bond donors (Lipinski definition) is 3. The van der Waals surface area contributed by atoms with Crippen LogP contribution in [-0.4, -0.2) is 24.8 Å². The molecule has 0 saturated carbocycles. The molecule has 1 rings (SSSR count). The normalized spacial score (nSPS) is 11.1. The van der Waals surface area contributed by atoms with E-state index in [4.69, 9.17) is 21.9 Å². The number of halogens is 1. The summed E-state index contributed by atoms with van der Waals surface area (Å²) in [6.45, 7) is 0. The minimum absolute atomic E-state index is 0.104. The minimum atomic E-state index is -4.42. The third-order valence-electron chi connectivity index (χ3n) is 1.68. The van der Waals surface area contributed by atoms with Crippen molar-refractivity contribution in [2.75, 3.05) is 16.9 Å². The van der Waals surface area contributed by atoms with Crippen molar-refractivity contribution in [2.24, 2.45) is 0 Å². The van der Waals surface area contributed by atoms with Crippen LogP contribution in [0.2, 0.25) is 0 Å². The Labute approximate surface area is 97.1 Å². The Balaban J connectivity index is 3.24. The fourth-order valence-electron chi connectivity index (χ4n) is 1.05. The molecule has 6 nitrogen and oxygen atoms in total. The van der Waals surface area contributed by atoms with Gasteiger partial charge in [-0.1, -0.05) is 0 Å². The number of amides is 1. The van der Waals surface area contributed by atoms with Crippen LogP contribution in [0.1, 0.15) is 0 Å². The summed E-state index contributed by atoms with van der Waals surface area (Å²) in [4.78, 5) is 10.6. The predicted molar refractivity (Wildman–Crippen MR) is 60.0 cm³/mol. The minimum Gasteiger partial charge on any atom is -0.399 e. The molecule has 0 aliphatic heterocycles. The van der Waals surface area contributed by atoms with Gasteiger partial charge < -0.3 is 11.1 Å². The summed E-state index contributed by atoms with van der Waals surface area (Å²) >= 11 is 5.25. The Hall–Kier alpha value is -1.31. The quantitative estimate of drug-likeness (QED) is 0.423. The molecule has 1 aromatic carbocycles. The fraction of sp³-hybridized carbons (Fsp3) is 0.125. The highest BCUT2D eigenvalue weighted by Crippen LogP contribution is 2.23. The molecule has 0 saturated heterocycles. The number of rotatable bonds is 3. The van der Waals surface area contributed by atoms with Gasteiger partial charge in [-0.25, -0.2) is 0 Å². The molecule has 0 atom stereocenters. The summed E-state index contributed by atoms with van der Waals surface area (Å²) in [5.74, 6) is -0.933. The number of carbonyl (C=O) groups is 1. The zero-order valence-electron chi connectivity index (χ0n) is 7.97. The average molecular weight is 265 g/mol. The Morgan fingerprint density at radius 3 is 2.62 bits per heavy atom. The Morgan fingerprint density at radius 2 is 2.12 bits per heavy atom. The standard InChI is InChI=1S/C8H9ClN2O4S/c9-4-8(12)11-6-3-5(10)1-2-7(6)16(13,14)15/h1-3H,4,10H2,(H,11,12)(H,13,14,15). The zero-order chi connectivity index (χ0) is 12.3. The summed E-state index contributed by atoms with van der Waals surface area (Å²) in [7, 11) is -4.42. The van der Waals surface area contributed by atoms with Crippen LogP contribution >= 0.6 is 11.6 Å². The molecule has 1 aromatic rings. The van der Waals surface area contributed by atoms with E-state index in [-0.39, 0.29) is 17.3 Å². The molecule has 8 heteroatoms. The summed E-state index contributed by atoms with van der Waals surface area (Å²) in [6.07, 6.45) is 0. The highest BCUT2D eigenvalue weighted by Gasteiger charge is 2.16. The van der Waals surface area contributed by atoms with E-state index in [0.29, 0.717) is 0 Å². The van der Waals surface area contributed by atoms with E-state index in [1.54, 1.807) is 0 Å². The highest BCUT2D eigenvalue weighted by molar-refractivity contribution is 7.86. The van der Waals surface area contributed by atoms with Crippen molar-refractivity contribution >= 4 is 39.0 Å². The van der Waals surface area contributed by atoms with Crippen molar-refractivity contribution in [3.63, 3.8) is 0 Å². The van der Waals surface area contributed by atoms with Crippen molar-refractivity contribution in [1.29, 1.82) is 0 Å². The first-order chi connectivity index (χ1) is 7.34. The molecule has 4 N–H and O–H groups in total.